The summed E-state index contributed by atoms with van der Waals surface area (Å²) in [5.41, 5.74) is 2.63. The van der Waals surface area contributed by atoms with Crippen LogP contribution in [0.1, 0.15) is 24.8 Å². The fourth-order valence-electron chi connectivity index (χ4n) is 2.30. The van der Waals surface area contributed by atoms with Gasteiger partial charge in [-0.25, -0.2) is 0 Å². The van der Waals surface area contributed by atoms with Crippen LogP contribution in [0, 0.1) is 10.5 Å². The molecule has 0 saturated carbocycles. The Labute approximate surface area is 118 Å². The van der Waals surface area contributed by atoms with E-state index in [4.69, 9.17) is 0 Å². The van der Waals surface area contributed by atoms with Crippen LogP contribution in [0.5, 0.6) is 0 Å². The van der Waals surface area contributed by atoms with Crippen molar-refractivity contribution in [2.75, 3.05) is 25.5 Å². The van der Waals surface area contributed by atoms with Gasteiger partial charge in [0.05, 0.1) is 0 Å². The van der Waals surface area contributed by atoms with Crippen LogP contribution < -0.4 is 5.32 Å². The first-order chi connectivity index (χ1) is 8.15. The highest BCUT2D eigenvalue weighted by Crippen LogP contribution is 2.20. The third kappa shape index (κ3) is 3.85. The fourth-order valence-corrected chi connectivity index (χ4v) is 2.82. The number of aryl methyl sites for hydroxylation is 1. The second-order valence-electron chi connectivity index (χ2n) is 5.04. The largest absolute Gasteiger partial charge is 0.382 e. The Morgan fingerprint density at radius 3 is 2.88 bits per heavy atom. The lowest BCUT2D eigenvalue weighted by Crippen LogP contribution is -2.23. The highest BCUT2D eigenvalue weighted by molar-refractivity contribution is 14.1. The second kappa shape index (κ2) is 6.05. The van der Waals surface area contributed by atoms with E-state index >= 15 is 0 Å². The van der Waals surface area contributed by atoms with Crippen LogP contribution in [0.25, 0.3) is 0 Å². The summed E-state index contributed by atoms with van der Waals surface area (Å²) in [7, 11) is 2.22. The Hall–Kier alpha value is -0.290. The normalized spacial score (nSPS) is 22.2. The number of nitrogens with zero attached hydrogens (tertiary/aromatic N) is 1. The first-order valence-corrected chi connectivity index (χ1v) is 7.44. The number of nitrogens with one attached hydrogen (secondary N) is 1. The zero-order chi connectivity index (χ0) is 12.3. The minimum Gasteiger partial charge on any atom is -0.382 e. The van der Waals surface area contributed by atoms with Crippen molar-refractivity contribution in [1.29, 1.82) is 0 Å². The van der Waals surface area contributed by atoms with Crippen molar-refractivity contribution in [2.24, 2.45) is 0 Å². The summed E-state index contributed by atoms with van der Waals surface area (Å²) in [5, 5.41) is 3.68. The number of rotatable bonds is 2. The molecule has 1 aliphatic heterocycles. The van der Waals surface area contributed by atoms with E-state index in [9.17, 15) is 0 Å². The Morgan fingerprint density at radius 2 is 2.12 bits per heavy atom. The topological polar surface area (TPSA) is 15.3 Å². The monoisotopic (exact) mass is 344 g/mol. The van der Waals surface area contributed by atoms with Gasteiger partial charge in [-0.15, -0.1) is 0 Å². The molecule has 0 radical (unpaired) electrons. The van der Waals surface area contributed by atoms with E-state index < -0.39 is 0 Å². The number of hydrogen-bond acceptors (Lipinski definition) is 2. The smallest absolute Gasteiger partial charge is 0.0353 e. The quantitative estimate of drug-likeness (QED) is 0.827. The fraction of sp³-hybridized carbons (Fsp3) is 0.571. The van der Waals surface area contributed by atoms with Crippen molar-refractivity contribution >= 4 is 28.3 Å². The van der Waals surface area contributed by atoms with Crippen LogP contribution in [-0.2, 0) is 0 Å². The molecule has 3 heteroatoms. The van der Waals surface area contributed by atoms with Crippen LogP contribution in [-0.4, -0.2) is 31.1 Å². The first-order valence-electron chi connectivity index (χ1n) is 6.36. The Kier molecular flexibility index (Phi) is 4.68. The van der Waals surface area contributed by atoms with Gasteiger partial charge in [-0.05, 0) is 86.6 Å². The average Bonchev–Trinajstić information content (AvgIpc) is 2.49. The van der Waals surface area contributed by atoms with Crippen molar-refractivity contribution in [3.8, 4) is 0 Å². The molecule has 1 unspecified atom stereocenters. The summed E-state index contributed by atoms with van der Waals surface area (Å²) in [6.45, 7) is 4.61. The summed E-state index contributed by atoms with van der Waals surface area (Å²) in [6.07, 6.45) is 3.84. The summed E-state index contributed by atoms with van der Waals surface area (Å²) < 4.78 is 1.35. The van der Waals surface area contributed by atoms with Gasteiger partial charge in [-0.1, -0.05) is 6.07 Å². The molecule has 1 saturated heterocycles. The van der Waals surface area contributed by atoms with Crippen molar-refractivity contribution in [1.82, 2.24) is 4.90 Å². The van der Waals surface area contributed by atoms with Crippen molar-refractivity contribution < 1.29 is 0 Å². The molecule has 0 bridgehead atoms. The van der Waals surface area contributed by atoms with Crippen LogP contribution in [0.15, 0.2) is 18.2 Å². The first kappa shape index (κ1) is 13.1. The maximum Gasteiger partial charge on any atom is 0.0353 e. The maximum absolute atomic E-state index is 3.68. The van der Waals surface area contributed by atoms with E-state index in [-0.39, 0.29) is 0 Å². The zero-order valence-electron chi connectivity index (χ0n) is 10.7. The second-order valence-corrected chi connectivity index (χ2v) is 6.20. The van der Waals surface area contributed by atoms with E-state index in [1.165, 1.54) is 47.2 Å². The minimum absolute atomic E-state index is 0.637. The standard InChI is InChI=1S/C14H21IN2/c1-11-5-6-13(10-14(11)15)16-12-4-3-8-17(2)9-7-12/h5-6,10,12,16H,3-4,7-9H2,1-2H3. The molecular formula is C14H21IN2. The van der Waals surface area contributed by atoms with Crippen molar-refractivity contribution in [2.45, 2.75) is 32.2 Å². The van der Waals surface area contributed by atoms with E-state index in [1.54, 1.807) is 0 Å². The van der Waals surface area contributed by atoms with Gasteiger partial charge in [0.2, 0.25) is 0 Å². The number of hydrogen-bond donors (Lipinski definition) is 1. The van der Waals surface area contributed by atoms with Gasteiger partial charge in [-0.2, -0.15) is 0 Å². The predicted molar refractivity (Wildman–Crippen MR) is 82.7 cm³/mol. The molecule has 0 aromatic heterocycles. The SMILES string of the molecule is Cc1ccc(NC2CCCN(C)CC2)cc1I. The maximum atomic E-state index is 3.68. The van der Waals surface area contributed by atoms with Gasteiger partial charge < -0.3 is 10.2 Å². The lowest BCUT2D eigenvalue weighted by molar-refractivity contribution is 0.348. The van der Waals surface area contributed by atoms with Crippen LogP contribution >= 0.6 is 22.6 Å². The molecule has 17 heavy (non-hydrogen) atoms. The molecule has 1 heterocycles. The molecule has 0 aliphatic carbocycles. The number of anilines is 1. The highest BCUT2D eigenvalue weighted by Gasteiger charge is 2.14. The number of likely N-dealkylation sites (tertiary alicyclic amines) is 1. The summed E-state index contributed by atoms with van der Waals surface area (Å²) in [5.74, 6) is 0. The van der Waals surface area contributed by atoms with Gasteiger partial charge in [0.15, 0.2) is 0 Å². The van der Waals surface area contributed by atoms with Crippen molar-refractivity contribution in [3.63, 3.8) is 0 Å². The molecule has 0 spiro atoms. The van der Waals surface area contributed by atoms with E-state index in [0.29, 0.717) is 6.04 Å². The van der Waals surface area contributed by atoms with Gasteiger partial charge in [0.25, 0.3) is 0 Å². The lowest BCUT2D eigenvalue weighted by atomic mass is 10.1. The van der Waals surface area contributed by atoms with Crippen LogP contribution in [0.3, 0.4) is 0 Å². The van der Waals surface area contributed by atoms with E-state index in [1.807, 2.05) is 0 Å². The highest BCUT2D eigenvalue weighted by atomic mass is 127. The van der Waals surface area contributed by atoms with Crippen LogP contribution in [0.2, 0.25) is 0 Å². The molecule has 0 amide bonds. The molecule has 2 rings (SSSR count). The minimum atomic E-state index is 0.637. The predicted octanol–water partition coefficient (Wildman–Crippen LogP) is 3.50. The number of halogens is 1. The summed E-state index contributed by atoms with van der Waals surface area (Å²) in [6, 6.07) is 7.29. The summed E-state index contributed by atoms with van der Waals surface area (Å²) in [4.78, 5) is 2.43. The molecule has 1 aromatic carbocycles. The molecule has 94 valence electrons. The van der Waals surface area contributed by atoms with Gasteiger partial charge in [0, 0.05) is 15.3 Å². The summed E-state index contributed by atoms with van der Waals surface area (Å²) >= 11 is 2.41. The molecule has 1 aromatic rings. The molecule has 1 atom stereocenters. The van der Waals surface area contributed by atoms with Crippen molar-refractivity contribution in [3.05, 3.63) is 27.3 Å². The lowest BCUT2D eigenvalue weighted by Gasteiger charge is -2.18. The Balaban J connectivity index is 1.97. The average molecular weight is 344 g/mol. The Morgan fingerprint density at radius 1 is 1.29 bits per heavy atom. The van der Waals surface area contributed by atoms with Gasteiger partial charge >= 0.3 is 0 Å². The molecule has 1 aliphatic rings. The number of benzene rings is 1. The molecule has 1 fully saturated rings. The third-order valence-corrected chi connectivity index (χ3v) is 4.66. The van der Waals surface area contributed by atoms with E-state index in [2.05, 4.69) is 65.0 Å². The van der Waals surface area contributed by atoms with Crippen LogP contribution in [0.4, 0.5) is 5.69 Å². The van der Waals surface area contributed by atoms with E-state index in [0.717, 1.165) is 0 Å². The van der Waals surface area contributed by atoms with Gasteiger partial charge in [0.1, 0.15) is 0 Å². The third-order valence-electron chi connectivity index (χ3n) is 3.49. The molecule has 2 nitrogen and oxygen atoms in total. The zero-order valence-corrected chi connectivity index (χ0v) is 12.8. The molecule has 1 N–H and O–H groups in total. The Bertz CT molecular complexity index is 378. The molecular weight excluding hydrogens is 323 g/mol. The van der Waals surface area contributed by atoms with Gasteiger partial charge in [-0.3, -0.25) is 0 Å².